The molecule has 0 bridgehead atoms. The molecule has 6 rings (SSSR count). The Kier molecular flexibility index (Phi) is 9.84. The van der Waals surface area contributed by atoms with E-state index in [0.29, 0.717) is 44.7 Å². The number of anilines is 1. The standard InChI is InChI=1S/C34H48N4O5/c1-24-30-12-15-38(19-29(39)17-35-33(40)25-8-7-9-27(16-25)37-28-20-41-21-28)18-26(30)10-11-31(24)42-22-32-34(36-23-43-32)13-5-3-2-4-6-14-34/h7-11,16,28-29,32,36-37,39H,2-6,12-15,17-23H2,1H3,(H,35,40)/t29-,32?/m0/s1. The fourth-order valence-corrected chi connectivity index (χ4v) is 7.14. The fourth-order valence-electron chi connectivity index (χ4n) is 7.14. The van der Waals surface area contributed by atoms with Crippen molar-refractivity contribution in [1.82, 2.24) is 15.5 Å². The predicted molar refractivity (Wildman–Crippen MR) is 167 cm³/mol. The first kappa shape index (κ1) is 30.3. The van der Waals surface area contributed by atoms with Gasteiger partial charge in [-0.1, -0.05) is 44.2 Å². The van der Waals surface area contributed by atoms with Crippen molar-refractivity contribution in [2.45, 2.75) is 88.6 Å². The third-order valence-corrected chi connectivity index (χ3v) is 9.78. The molecule has 2 atom stereocenters. The smallest absolute Gasteiger partial charge is 0.251 e. The second-order valence-corrected chi connectivity index (χ2v) is 12.8. The zero-order valence-electron chi connectivity index (χ0n) is 25.5. The van der Waals surface area contributed by atoms with E-state index in [1.54, 1.807) is 6.07 Å². The van der Waals surface area contributed by atoms with Crippen LogP contribution in [0.4, 0.5) is 5.69 Å². The predicted octanol–water partition coefficient (Wildman–Crippen LogP) is 3.76. The lowest BCUT2D eigenvalue weighted by Crippen LogP contribution is -2.50. The molecule has 1 amide bonds. The molecule has 1 unspecified atom stereocenters. The van der Waals surface area contributed by atoms with Gasteiger partial charge in [0.15, 0.2) is 0 Å². The summed E-state index contributed by atoms with van der Waals surface area (Å²) in [6, 6.07) is 12.0. The van der Waals surface area contributed by atoms with E-state index in [9.17, 15) is 9.90 Å². The minimum absolute atomic E-state index is 0.0515. The van der Waals surface area contributed by atoms with Crippen LogP contribution in [-0.2, 0) is 22.4 Å². The summed E-state index contributed by atoms with van der Waals surface area (Å²) in [4.78, 5) is 15.0. The van der Waals surface area contributed by atoms with Crippen LogP contribution in [0.3, 0.4) is 0 Å². The van der Waals surface area contributed by atoms with Gasteiger partial charge < -0.3 is 30.0 Å². The Morgan fingerprint density at radius 1 is 1.16 bits per heavy atom. The number of benzene rings is 2. The lowest BCUT2D eigenvalue weighted by atomic mass is 9.80. The average Bonchev–Trinajstić information content (AvgIpc) is 3.38. The Morgan fingerprint density at radius 2 is 1.98 bits per heavy atom. The van der Waals surface area contributed by atoms with Crippen molar-refractivity contribution in [2.75, 3.05) is 51.5 Å². The Hall–Kier alpha value is -2.69. The molecule has 3 aliphatic heterocycles. The van der Waals surface area contributed by atoms with Gasteiger partial charge in [0.1, 0.15) is 18.5 Å². The number of rotatable bonds is 10. The number of β-amino-alcohol motifs (C(OH)–C–C–N with tert-alkyl or cyclic N) is 1. The molecule has 1 saturated carbocycles. The molecule has 3 heterocycles. The highest BCUT2D eigenvalue weighted by atomic mass is 16.5. The molecule has 234 valence electrons. The lowest BCUT2D eigenvalue weighted by molar-refractivity contribution is 0.0211. The number of nitrogens with one attached hydrogen (secondary N) is 3. The minimum atomic E-state index is -0.650. The van der Waals surface area contributed by atoms with Gasteiger partial charge in [-0.25, -0.2) is 0 Å². The summed E-state index contributed by atoms with van der Waals surface area (Å²) in [7, 11) is 0. The molecule has 3 fully saturated rings. The summed E-state index contributed by atoms with van der Waals surface area (Å²) in [5.41, 5.74) is 5.38. The molecule has 9 nitrogen and oxygen atoms in total. The normalized spacial score (nSPS) is 23.1. The van der Waals surface area contributed by atoms with Gasteiger partial charge in [0.25, 0.3) is 5.91 Å². The van der Waals surface area contributed by atoms with Gasteiger partial charge >= 0.3 is 0 Å². The number of nitrogens with zero attached hydrogens (tertiary/aromatic N) is 1. The number of fused-ring (bicyclic) bond motifs is 1. The van der Waals surface area contributed by atoms with Crippen LogP contribution in [0.1, 0.15) is 72.0 Å². The van der Waals surface area contributed by atoms with Crippen LogP contribution in [0.2, 0.25) is 0 Å². The Morgan fingerprint density at radius 3 is 2.77 bits per heavy atom. The summed E-state index contributed by atoms with van der Waals surface area (Å²) in [6.07, 6.45) is 9.16. The number of hydrogen-bond donors (Lipinski definition) is 4. The fraction of sp³-hybridized carbons (Fsp3) is 0.618. The largest absolute Gasteiger partial charge is 0.491 e. The van der Waals surface area contributed by atoms with Crippen LogP contribution in [0.15, 0.2) is 36.4 Å². The van der Waals surface area contributed by atoms with Crippen molar-refractivity contribution in [3.05, 3.63) is 58.7 Å². The molecule has 1 aliphatic carbocycles. The summed E-state index contributed by atoms with van der Waals surface area (Å²) in [5, 5.41) is 20.7. The van der Waals surface area contributed by atoms with Crippen molar-refractivity contribution in [3.63, 3.8) is 0 Å². The van der Waals surface area contributed by atoms with Gasteiger partial charge in [-0.05, 0) is 67.1 Å². The van der Waals surface area contributed by atoms with E-state index in [1.807, 2.05) is 18.2 Å². The second-order valence-electron chi connectivity index (χ2n) is 12.8. The van der Waals surface area contributed by atoms with Crippen molar-refractivity contribution in [3.8, 4) is 5.75 Å². The Bertz CT molecular complexity index is 1240. The highest BCUT2D eigenvalue weighted by Gasteiger charge is 2.43. The van der Waals surface area contributed by atoms with Gasteiger partial charge in [0, 0.05) is 43.0 Å². The molecule has 43 heavy (non-hydrogen) atoms. The third kappa shape index (κ3) is 7.35. The number of amides is 1. The number of aliphatic hydroxyl groups excluding tert-OH is 1. The van der Waals surface area contributed by atoms with Gasteiger partial charge in [0.2, 0.25) is 0 Å². The zero-order chi connectivity index (χ0) is 29.6. The van der Waals surface area contributed by atoms with Crippen molar-refractivity contribution in [1.29, 1.82) is 0 Å². The molecule has 2 aromatic rings. The van der Waals surface area contributed by atoms with E-state index >= 15 is 0 Å². The van der Waals surface area contributed by atoms with E-state index in [4.69, 9.17) is 14.2 Å². The first-order valence-corrected chi connectivity index (χ1v) is 16.2. The highest BCUT2D eigenvalue weighted by molar-refractivity contribution is 5.95. The maximum atomic E-state index is 12.7. The summed E-state index contributed by atoms with van der Waals surface area (Å²) >= 11 is 0. The van der Waals surface area contributed by atoms with E-state index in [2.05, 4.69) is 39.9 Å². The number of ether oxygens (including phenoxy) is 3. The monoisotopic (exact) mass is 592 g/mol. The molecule has 1 spiro atoms. The first-order chi connectivity index (χ1) is 21.0. The second kappa shape index (κ2) is 13.9. The Labute approximate surface area is 255 Å². The molecule has 2 aromatic carbocycles. The molecule has 4 aliphatic rings. The number of carbonyl (C=O) groups excluding carboxylic acids is 1. The summed E-state index contributed by atoms with van der Waals surface area (Å²) < 4.78 is 17.8. The lowest BCUT2D eigenvalue weighted by Gasteiger charge is -2.36. The number of hydrogen-bond acceptors (Lipinski definition) is 8. The molecule has 0 aromatic heterocycles. The van der Waals surface area contributed by atoms with Crippen LogP contribution in [0.25, 0.3) is 0 Å². The number of aliphatic hydroxyl groups is 1. The van der Waals surface area contributed by atoms with Crippen LogP contribution in [-0.4, -0.2) is 85.9 Å². The summed E-state index contributed by atoms with van der Waals surface area (Å²) in [6.45, 7) is 7.09. The van der Waals surface area contributed by atoms with E-state index in [1.165, 1.54) is 48.8 Å². The van der Waals surface area contributed by atoms with Crippen molar-refractivity contribution < 1.29 is 24.1 Å². The maximum Gasteiger partial charge on any atom is 0.251 e. The molecule has 2 saturated heterocycles. The summed E-state index contributed by atoms with van der Waals surface area (Å²) in [5.74, 6) is 0.769. The topological polar surface area (TPSA) is 104 Å². The van der Waals surface area contributed by atoms with Crippen molar-refractivity contribution in [2.24, 2.45) is 0 Å². The number of carbonyl (C=O) groups is 1. The van der Waals surface area contributed by atoms with E-state index < -0.39 is 6.10 Å². The highest BCUT2D eigenvalue weighted by Crippen LogP contribution is 2.35. The molecule has 0 radical (unpaired) electrons. The van der Waals surface area contributed by atoms with E-state index in [-0.39, 0.29) is 24.1 Å². The van der Waals surface area contributed by atoms with Gasteiger partial charge in [-0.15, -0.1) is 0 Å². The van der Waals surface area contributed by atoms with E-state index in [0.717, 1.165) is 43.8 Å². The zero-order valence-corrected chi connectivity index (χ0v) is 25.5. The maximum absolute atomic E-state index is 12.7. The SMILES string of the molecule is Cc1c(OCC2OCNC23CCCCCCC3)ccc2c1CCN(C[C@@H](O)CNC(=O)c1cccc(NC3COC3)c1)C2. The van der Waals surface area contributed by atoms with Crippen LogP contribution in [0.5, 0.6) is 5.75 Å². The Balaban J connectivity index is 0.979. The first-order valence-electron chi connectivity index (χ1n) is 16.2. The van der Waals surface area contributed by atoms with Crippen LogP contribution in [0, 0.1) is 6.92 Å². The average molecular weight is 593 g/mol. The van der Waals surface area contributed by atoms with Crippen LogP contribution < -0.4 is 20.7 Å². The molecular formula is C34H48N4O5. The van der Waals surface area contributed by atoms with Gasteiger partial charge in [0.05, 0.1) is 32.1 Å². The van der Waals surface area contributed by atoms with Crippen LogP contribution >= 0.6 is 0 Å². The quantitative estimate of drug-likeness (QED) is 0.331. The molecule has 9 heteroatoms. The minimum Gasteiger partial charge on any atom is -0.491 e. The van der Waals surface area contributed by atoms with Crippen molar-refractivity contribution >= 4 is 11.6 Å². The molecular weight excluding hydrogens is 544 g/mol. The molecule has 4 N–H and O–H groups in total. The van der Waals surface area contributed by atoms with Gasteiger partial charge in [-0.2, -0.15) is 0 Å². The third-order valence-electron chi connectivity index (χ3n) is 9.78. The van der Waals surface area contributed by atoms with Gasteiger partial charge in [-0.3, -0.25) is 15.0 Å².